The van der Waals surface area contributed by atoms with Crippen molar-refractivity contribution in [3.05, 3.63) is 47.3 Å². The number of fused-ring (bicyclic) bond motifs is 1. The molecule has 0 unspecified atom stereocenters. The molecule has 0 fully saturated rings. The lowest BCUT2D eigenvalue weighted by atomic mass is 10.2. The number of carbonyl (C=O) groups excluding carboxylic acids is 1. The van der Waals surface area contributed by atoms with Gasteiger partial charge in [0.15, 0.2) is 0 Å². The van der Waals surface area contributed by atoms with E-state index in [-0.39, 0.29) is 12.5 Å². The highest BCUT2D eigenvalue weighted by atomic mass is 32.2. The highest BCUT2D eigenvalue weighted by Gasteiger charge is 2.24. The molecule has 1 aliphatic rings. The normalized spacial score (nSPS) is 14.7. The van der Waals surface area contributed by atoms with Crippen molar-refractivity contribution in [2.75, 3.05) is 19.4 Å². The lowest BCUT2D eigenvalue weighted by molar-refractivity contribution is 0.0950. The van der Waals surface area contributed by atoms with Crippen molar-refractivity contribution in [2.24, 2.45) is 0 Å². The first-order valence-corrected chi connectivity index (χ1v) is 10.2. The van der Waals surface area contributed by atoms with Crippen molar-refractivity contribution in [2.45, 2.75) is 26.6 Å². The number of carbonyl (C=O) groups is 1. The summed E-state index contributed by atoms with van der Waals surface area (Å²) in [5, 5.41) is 7.26. The van der Waals surface area contributed by atoms with E-state index in [1.165, 1.54) is 10.6 Å². The van der Waals surface area contributed by atoms with E-state index in [9.17, 15) is 13.2 Å². The predicted molar refractivity (Wildman–Crippen MR) is 96.3 cm³/mol. The minimum atomic E-state index is -3.22. The molecular formula is C17H22N4O4S. The molecule has 0 radical (unpaired) electrons. The van der Waals surface area contributed by atoms with E-state index >= 15 is 0 Å². The maximum atomic E-state index is 12.2. The lowest BCUT2D eigenvalue weighted by Crippen LogP contribution is -2.37. The molecule has 1 amide bonds. The van der Waals surface area contributed by atoms with Crippen LogP contribution in [-0.2, 0) is 29.7 Å². The van der Waals surface area contributed by atoms with Crippen LogP contribution in [0.25, 0.3) is 0 Å². The van der Waals surface area contributed by atoms with Gasteiger partial charge in [-0.25, -0.2) is 8.42 Å². The van der Waals surface area contributed by atoms with Crippen LogP contribution in [0.1, 0.15) is 28.7 Å². The number of hydrogen-bond donors (Lipinski definition) is 1. The molecule has 9 heteroatoms. The maximum Gasteiger partial charge on any atom is 0.251 e. The fourth-order valence-electron chi connectivity index (χ4n) is 2.81. The Labute approximate surface area is 152 Å². The Kier molecular flexibility index (Phi) is 5.28. The second kappa shape index (κ2) is 7.46. The Bertz CT molecular complexity index is 890. The molecule has 1 aromatic carbocycles. The van der Waals surface area contributed by atoms with Crippen LogP contribution < -0.4 is 10.1 Å². The molecule has 0 atom stereocenters. The van der Waals surface area contributed by atoms with Crippen LogP contribution in [-0.4, -0.2) is 47.8 Å². The highest BCUT2D eigenvalue weighted by molar-refractivity contribution is 7.88. The number of nitrogens with one attached hydrogen (secondary N) is 1. The van der Waals surface area contributed by atoms with Crippen LogP contribution in [0, 0.1) is 0 Å². The standard InChI is InChI=1S/C17H22N4O4S/c1-3-25-16-6-4-13(5-7-16)17(22)18-11-14-10-15-12-20(26(2,23)24)8-9-21(15)19-14/h4-7,10H,3,8-9,11-12H2,1-2H3,(H,18,22). The minimum absolute atomic E-state index is 0.197. The molecule has 2 heterocycles. The zero-order chi connectivity index (χ0) is 18.7. The van der Waals surface area contributed by atoms with Gasteiger partial charge in [0.1, 0.15) is 5.75 Å². The molecular weight excluding hydrogens is 356 g/mol. The van der Waals surface area contributed by atoms with Gasteiger partial charge in [-0.05, 0) is 37.3 Å². The van der Waals surface area contributed by atoms with Crippen molar-refractivity contribution in [1.29, 1.82) is 0 Å². The molecule has 26 heavy (non-hydrogen) atoms. The van der Waals surface area contributed by atoms with Gasteiger partial charge in [-0.2, -0.15) is 9.40 Å². The smallest absolute Gasteiger partial charge is 0.251 e. The third-order valence-corrected chi connectivity index (χ3v) is 5.39. The van der Waals surface area contributed by atoms with Crippen LogP contribution in [0.2, 0.25) is 0 Å². The van der Waals surface area contributed by atoms with E-state index in [4.69, 9.17) is 4.74 Å². The molecule has 0 spiro atoms. The molecule has 1 aromatic heterocycles. The van der Waals surface area contributed by atoms with Crippen molar-refractivity contribution >= 4 is 15.9 Å². The minimum Gasteiger partial charge on any atom is -0.494 e. The number of nitrogens with zero attached hydrogens (tertiary/aromatic N) is 3. The Hall–Kier alpha value is -2.39. The second-order valence-electron chi connectivity index (χ2n) is 6.09. The summed E-state index contributed by atoms with van der Waals surface area (Å²) >= 11 is 0. The summed E-state index contributed by atoms with van der Waals surface area (Å²) in [6.07, 6.45) is 1.21. The summed E-state index contributed by atoms with van der Waals surface area (Å²) < 4.78 is 31.9. The van der Waals surface area contributed by atoms with Crippen LogP contribution >= 0.6 is 0 Å². The first-order valence-electron chi connectivity index (χ1n) is 8.38. The third-order valence-electron chi connectivity index (χ3n) is 4.14. The first-order chi connectivity index (χ1) is 12.4. The third kappa shape index (κ3) is 4.23. The number of ether oxygens (including phenoxy) is 1. The molecule has 0 aliphatic carbocycles. The van der Waals surface area contributed by atoms with E-state index in [0.717, 1.165) is 11.4 Å². The largest absolute Gasteiger partial charge is 0.494 e. The van der Waals surface area contributed by atoms with Gasteiger partial charge >= 0.3 is 0 Å². The zero-order valence-corrected chi connectivity index (χ0v) is 15.6. The van der Waals surface area contributed by atoms with E-state index < -0.39 is 10.0 Å². The first kappa shape index (κ1) is 18.4. The molecule has 8 nitrogen and oxygen atoms in total. The number of aromatic nitrogens is 2. The summed E-state index contributed by atoms with van der Waals surface area (Å²) in [5.41, 5.74) is 2.07. The Morgan fingerprint density at radius 1 is 1.27 bits per heavy atom. The van der Waals surface area contributed by atoms with Crippen LogP contribution in [0.3, 0.4) is 0 Å². The van der Waals surface area contributed by atoms with E-state index in [2.05, 4.69) is 10.4 Å². The Balaban J connectivity index is 1.60. The van der Waals surface area contributed by atoms with Gasteiger partial charge in [0, 0.05) is 12.1 Å². The van der Waals surface area contributed by atoms with Gasteiger partial charge in [-0.3, -0.25) is 9.48 Å². The SMILES string of the molecule is CCOc1ccc(C(=O)NCc2cc3n(n2)CCN(S(C)(=O)=O)C3)cc1. The molecule has 0 saturated carbocycles. The highest BCUT2D eigenvalue weighted by Crippen LogP contribution is 2.16. The van der Waals surface area contributed by atoms with Crippen molar-refractivity contribution in [3.8, 4) is 5.75 Å². The average molecular weight is 378 g/mol. The Morgan fingerprint density at radius 3 is 2.65 bits per heavy atom. The van der Waals surface area contributed by atoms with Gasteiger partial charge in [0.05, 0.1) is 43.9 Å². The molecule has 2 aromatic rings. The van der Waals surface area contributed by atoms with Gasteiger partial charge in [0.25, 0.3) is 5.91 Å². The summed E-state index contributed by atoms with van der Waals surface area (Å²) in [5.74, 6) is 0.526. The van der Waals surface area contributed by atoms with E-state index in [0.29, 0.717) is 37.5 Å². The molecule has 1 N–H and O–H groups in total. The summed E-state index contributed by atoms with van der Waals surface area (Å²) in [7, 11) is -3.22. The van der Waals surface area contributed by atoms with E-state index in [1.54, 1.807) is 28.9 Å². The van der Waals surface area contributed by atoms with E-state index in [1.807, 2.05) is 13.0 Å². The average Bonchev–Trinajstić information content (AvgIpc) is 3.02. The fourth-order valence-corrected chi connectivity index (χ4v) is 3.59. The predicted octanol–water partition coefficient (Wildman–Crippen LogP) is 0.987. The van der Waals surface area contributed by atoms with Crippen LogP contribution in [0.4, 0.5) is 0 Å². The van der Waals surface area contributed by atoms with Gasteiger partial charge < -0.3 is 10.1 Å². The van der Waals surface area contributed by atoms with Gasteiger partial charge in [-0.15, -0.1) is 0 Å². The number of sulfonamides is 1. The number of rotatable bonds is 6. The molecule has 0 saturated heterocycles. The van der Waals surface area contributed by atoms with Crippen molar-refractivity contribution in [3.63, 3.8) is 0 Å². The molecule has 3 rings (SSSR count). The second-order valence-corrected chi connectivity index (χ2v) is 8.07. The summed E-state index contributed by atoms with van der Waals surface area (Å²) in [4.78, 5) is 12.2. The van der Waals surface area contributed by atoms with Crippen molar-refractivity contribution in [1.82, 2.24) is 19.4 Å². The molecule has 1 aliphatic heterocycles. The topological polar surface area (TPSA) is 93.5 Å². The van der Waals surface area contributed by atoms with Crippen molar-refractivity contribution < 1.29 is 17.9 Å². The summed E-state index contributed by atoms with van der Waals surface area (Å²) in [6.45, 7) is 3.98. The van der Waals surface area contributed by atoms with Gasteiger partial charge in [-0.1, -0.05) is 0 Å². The number of hydrogen-bond acceptors (Lipinski definition) is 5. The monoisotopic (exact) mass is 378 g/mol. The fraction of sp³-hybridized carbons (Fsp3) is 0.412. The molecule has 0 bridgehead atoms. The maximum absolute atomic E-state index is 12.2. The zero-order valence-electron chi connectivity index (χ0n) is 14.8. The molecule has 140 valence electrons. The van der Waals surface area contributed by atoms with Gasteiger partial charge in [0.2, 0.25) is 10.0 Å². The lowest BCUT2D eigenvalue weighted by Gasteiger charge is -2.25. The van der Waals surface area contributed by atoms with Crippen LogP contribution in [0.5, 0.6) is 5.75 Å². The Morgan fingerprint density at radius 2 is 2.00 bits per heavy atom. The number of amides is 1. The van der Waals surface area contributed by atoms with Crippen LogP contribution in [0.15, 0.2) is 30.3 Å². The number of benzene rings is 1. The quantitative estimate of drug-likeness (QED) is 0.809. The summed E-state index contributed by atoms with van der Waals surface area (Å²) in [6, 6.07) is 8.77.